The van der Waals surface area contributed by atoms with Crippen molar-refractivity contribution in [3.05, 3.63) is 47.5 Å². The van der Waals surface area contributed by atoms with Gasteiger partial charge in [0.2, 0.25) is 0 Å². The van der Waals surface area contributed by atoms with Crippen LogP contribution in [0.4, 0.5) is 8.78 Å². The molecule has 0 aliphatic carbocycles. The number of nitrogens with one attached hydrogen (secondary N) is 2. The van der Waals surface area contributed by atoms with E-state index < -0.39 is 11.6 Å². The van der Waals surface area contributed by atoms with Gasteiger partial charge in [-0.2, -0.15) is 5.10 Å². The first-order valence-electron chi connectivity index (χ1n) is 5.25. The molecule has 1 aromatic carbocycles. The summed E-state index contributed by atoms with van der Waals surface area (Å²) in [5.41, 5.74) is 0.0602. The second-order valence-electron chi connectivity index (χ2n) is 3.56. The highest BCUT2D eigenvalue weighted by atomic mass is 19.1. The molecule has 0 bridgehead atoms. The van der Waals surface area contributed by atoms with Crippen molar-refractivity contribution in [2.45, 2.75) is 13.0 Å². The van der Waals surface area contributed by atoms with E-state index in [0.29, 0.717) is 13.0 Å². The molecule has 1 heterocycles. The van der Waals surface area contributed by atoms with Crippen molar-refractivity contribution < 1.29 is 8.78 Å². The van der Waals surface area contributed by atoms with Gasteiger partial charge in [0, 0.05) is 25.1 Å². The van der Waals surface area contributed by atoms with Crippen molar-refractivity contribution in [3.8, 4) is 0 Å². The van der Waals surface area contributed by atoms with E-state index in [9.17, 15) is 8.78 Å². The van der Waals surface area contributed by atoms with Gasteiger partial charge in [0.25, 0.3) is 0 Å². The van der Waals surface area contributed by atoms with E-state index in [1.54, 1.807) is 0 Å². The number of aromatic nitrogens is 3. The van der Waals surface area contributed by atoms with Crippen LogP contribution in [0.3, 0.4) is 0 Å². The predicted molar refractivity (Wildman–Crippen MR) is 58.2 cm³/mol. The van der Waals surface area contributed by atoms with E-state index in [4.69, 9.17) is 0 Å². The number of aromatic amines is 1. The summed E-state index contributed by atoms with van der Waals surface area (Å²) in [5.74, 6) is -0.319. The number of halogens is 2. The Kier molecular flexibility index (Phi) is 3.77. The molecular formula is C11H12F2N4. The Balaban J connectivity index is 1.82. The van der Waals surface area contributed by atoms with Crippen molar-refractivity contribution >= 4 is 0 Å². The van der Waals surface area contributed by atoms with Gasteiger partial charge in [-0.15, -0.1) is 0 Å². The molecule has 2 aromatic rings. The second-order valence-corrected chi connectivity index (χ2v) is 3.56. The molecule has 2 rings (SSSR count). The van der Waals surface area contributed by atoms with Crippen LogP contribution in [0.25, 0.3) is 0 Å². The summed E-state index contributed by atoms with van der Waals surface area (Å²) in [6, 6.07) is 3.84. The maximum atomic E-state index is 13.2. The fourth-order valence-electron chi connectivity index (χ4n) is 1.47. The first-order chi connectivity index (χ1) is 8.27. The quantitative estimate of drug-likeness (QED) is 0.774. The summed E-state index contributed by atoms with van der Waals surface area (Å²) >= 11 is 0. The van der Waals surface area contributed by atoms with E-state index in [2.05, 4.69) is 20.5 Å². The largest absolute Gasteiger partial charge is 0.312 e. The molecule has 6 heteroatoms. The van der Waals surface area contributed by atoms with Crippen molar-refractivity contribution in [1.82, 2.24) is 20.5 Å². The van der Waals surface area contributed by atoms with E-state index in [-0.39, 0.29) is 12.1 Å². The van der Waals surface area contributed by atoms with Crippen LogP contribution in [0.5, 0.6) is 0 Å². The summed E-state index contributed by atoms with van der Waals surface area (Å²) in [6.07, 6.45) is 2.06. The van der Waals surface area contributed by atoms with Crippen LogP contribution >= 0.6 is 0 Å². The van der Waals surface area contributed by atoms with Crippen LogP contribution < -0.4 is 5.32 Å². The standard InChI is InChI=1S/C11H12F2N4/c12-9-2-1-3-10(13)8(9)6-14-5-4-11-15-7-16-17-11/h1-3,7,14H,4-6H2,(H,15,16,17). The van der Waals surface area contributed by atoms with E-state index in [1.165, 1.54) is 24.5 Å². The predicted octanol–water partition coefficient (Wildman–Crippen LogP) is 1.42. The molecule has 17 heavy (non-hydrogen) atoms. The lowest BCUT2D eigenvalue weighted by Crippen LogP contribution is -2.18. The summed E-state index contributed by atoms with van der Waals surface area (Å²) in [6.45, 7) is 0.732. The van der Waals surface area contributed by atoms with E-state index in [0.717, 1.165) is 5.82 Å². The van der Waals surface area contributed by atoms with Crippen molar-refractivity contribution in [2.75, 3.05) is 6.54 Å². The molecule has 0 saturated carbocycles. The lowest BCUT2D eigenvalue weighted by Gasteiger charge is -2.06. The fourth-order valence-corrected chi connectivity index (χ4v) is 1.47. The summed E-state index contributed by atoms with van der Waals surface area (Å²) in [4.78, 5) is 3.94. The van der Waals surface area contributed by atoms with Crippen LogP contribution in [-0.4, -0.2) is 21.7 Å². The van der Waals surface area contributed by atoms with Crippen LogP contribution in [0.2, 0.25) is 0 Å². The van der Waals surface area contributed by atoms with E-state index >= 15 is 0 Å². The molecule has 0 spiro atoms. The molecule has 0 atom stereocenters. The average molecular weight is 238 g/mol. The third-order valence-electron chi connectivity index (χ3n) is 2.37. The number of rotatable bonds is 5. The topological polar surface area (TPSA) is 53.6 Å². The van der Waals surface area contributed by atoms with Gasteiger partial charge in [-0.3, -0.25) is 5.10 Å². The number of H-pyrrole nitrogens is 1. The molecule has 0 amide bonds. The van der Waals surface area contributed by atoms with Crippen LogP contribution in [0, 0.1) is 11.6 Å². The smallest absolute Gasteiger partial charge is 0.137 e. The Morgan fingerprint density at radius 3 is 2.65 bits per heavy atom. The van der Waals surface area contributed by atoms with Crippen LogP contribution in [-0.2, 0) is 13.0 Å². The Labute approximate surface area is 97.1 Å². The summed E-state index contributed by atoms with van der Waals surface area (Å²) in [7, 11) is 0. The van der Waals surface area contributed by atoms with Crippen molar-refractivity contribution in [3.63, 3.8) is 0 Å². The lowest BCUT2D eigenvalue weighted by atomic mass is 10.2. The lowest BCUT2D eigenvalue weighted by molar-refractivity contribution is 0.535. The minimum Gasteiger partial charge on any atom is -0.312 e. The highest BCUT2D eigenvalue weighted by molar-refractivity contribution is 5.19. The highest BCUT2D eigenvalue weighted by Gasteiger charge is 2.07. The average Bonchev–Trinajstić information content (AvgIpc) is 2.80. The third kappa shape index (κ3) is 3.07. The molecule has 4 nitrogen and oxygen atoms in total. The Morgan fingerprint density at radius 1 is 1.24 bits per heavy atom. The number of hydrogen-bond donors (Lipinski definition) is 2. The molecule has 0 unspecified atom stereocenters. The van der Waals surface area contributed by atoms with Crippen molar-refractivity contribution in [1.29, 1.82) is 0 Å². The van der Waals surface area contributed by atoms with E-state index in [1.807, 2.05) is 0 Å². The van der Waals surface area contributed by atoms with Gasteiger partial charge in [0.05, 0.1) is 0 Å². The van der Waals surface area contributed by atoms with Crippen molar-refractivity contribution in [2.24, 2.45) is 0 Å². The van der Waals surface area contributed by atoms with Crippen LogP contribution in [0.1, 0.15) is 11.4 Å². The Bertz CT molecular complexity index is 450. The minimum atomic E-state index is -0.530. The molecular weight excluding hydrogens is 226 g/mol. The fraction of sp³-hybridized carbons (Fsp3) is 0.273. The maximum Gasteiger partial charge on any atom is 0.137 e. The van der Waals surface area contributed by atoms with Crippen LogP contribution in [0.15, 0.2) is 24.5 Å². The normalized spacial score (nSPS) is 10.7. The van der Waals surface area contributed by atoms with Gasteiger partial charge in [-0.1, -0.05) is 6.07 Å². The Morgan fingerprint density at radius 2 is 2.00 bits per heavy atom. The Hall–Kier alpha value is -1.82. The van der Waals surface area contributed by atoms with Gasteiger partial charge >= 0.3 is 0 Å². The molecule has 0 fully saturated rings. The first-order valence-corrected chi connectivity index (χ1v) is 5.25. The minimum absolute atomic E-state index is 0.0602. The summed E-state index contributed by atoms with van der Waals surface area (Å²) < 4.78 is 26.5. The zero-order valence-electron chi connectivity index (χ0n) is 9.08. The third-order valence-corrected chi connectivity index (χ3v) is 2.37. The molecule has 90 valence electrons. The number of hydrogen-bond acceptors (Lipinski definition) is 3. The zero-order valence-corrected chi connectivity index (χ0v) is 9.08. The molecule has 0 saturated heterocycles. The van der Waals surface area contributed by atoms with Gasteiger partial charge in [-0.05, 0) is 12.1 Å². The van der Waals surface area contributed by atoms with Gasteiger partial charge < -0.3 is 5.32 Å². The molecule has 0 aliphatic rings. The zero-order chi connectivity index (χ0) is 12.1. The molecule has 0 radical (unpaired) electrons. The van der Waals surface area contributed by atoms with Gasteiger partial charge in [0.1, 0.15) is 23.8 Å². The number of benzene rings is 1. The monoisotopic (exact) mass is 238 g/mol. The number of nitrogens with zero attached hydrogens (tertiary/aromatic N) is 2. The molecule has 1 aromatic heterocycles. The van der Waals surface area contributed by atoms with Gasteiger partial charge in [-0.25, -0.2) is 13.8 Å². The summed E-state index contributed by atoms with van der Waals surface area (Å²) in [5, 5.41) is 9.37. The first kappa shape index (κ1) is 11.7. The maximum absolute atomic E-state index is 13.2. The second kappa shape index (κ2) is 5.49. The molecule has 0 aliphatic heterocycles. The SMILES string of the molecule is Fc1cccc(F)c1CNCCc1ncn[nH]1. The van der Waals surface area contributed by atoms with Gasteiger partial charge in [0.15, 0.2) is 0 Å². The molecule has 2 N–H and O–H groups in total. The highest BCUT2D eigenvalue weighted by Crippen LogP contribution is 2.11.